The van der Waals surface area contributed by atoms with E-state index in [1.807, 2.05) is 23.6 Å². The molecule has 9 heteroatoms. The highest BCUT2D eigenvalue weighted by Crippen LogP contribution is 2.32. The normalized spacial score (nSPS) is 12.2. The van der Waals surface area contributed by atoms with Crippen molar-refractivity contribution in [2.45, 2.75) is 19.4 Å². The molecule has 0 aromatic carbocycles. The summed E-state index contributed by atoms with van der Waals surface area (Å²) in [6, 6.07) is 5.90. The van der Waals surface area contributed by atoms with Crippen LogP contribution in [0.2, 0.25) is 0 Å². The number of thiophene rings is 1. The zero-order chi connectivity index (χ0) is 20.2. The van der Waals surface area contributed by atoms with E-state index in [-0.39, 0.29) is 6.61 Å². The number of fused-ring (bicyclic) bond motifs is 1. The zero-order valence-corrected chi connectivity index (χ0v) is 17.1. The maximum atomic E-state index is 9.12. The lowest BCUT2D eigenvalue weighted by Gasteiger charge is -2.13. The van der Waals surface area contributed by atoms with Crippen LogP contribution in [0.5, 0.6) is 5.75 Å². The molecule has 8 nitrogen and oxygen atoms in total. The first-order chi connectivity index (χ1) is 14.2. The maximum Gasteiger partial charge on any atom is 0.157 e. The number of hydrogen-bond donors (Lipinski definition) is 2. The van der Waals surface area contributed by atoms with Gasteiger partial charge in [0.1, 0.15) is 17.9 Å². The molecular weight excluding hydrogens is 388 g/mol. The lowest BCUT2D eigenvalue weighted by Crippen LogP contribution is -2.10. The third-order valence-electron chi connectivity index (χ3n) is 4.66. The number of nitrogens with zero attached hydrogens (tertiary/aromatic N) is 5. The van der Waals surface area contributed by atoms with Crippen LogP contribution in [-0.4, -0.2) is 50.1 Å². The third kappa shape index (κ3) is 4.06. The molecule has 4 aromatic rings. The summed E-state index contributed by atoms with van der Waals surface area (Å²) in [5, 5.41) is 19.7. The molecule has 0 aliphatic carbocycles. The van der Waals surface area contributed by atoms with Gasteiger partial charge in [0, 0.05) is 35.7 Å². The van der Waals surface area contributed by atoms with E-state index < -0.39 is 0 Å². The van der Waals surface area contributed by atoms with E-state index in [4.69, 9.17) is 9.84 Å². The molecule has 0 amide bonds. The first-order valence-electron chi connectivity index (χ1n) is 9.29. The highest BCUT2D eigenvalue weighted by Gasteiger charge is 2.14. The lowest BCUT2D eigenvalue weighted by molar-refractivity contribution is 0.271. The van der Waals surface area contributed by atoms with E-state index in [9.17, 15) is 0 Å². The summed E-state index contributed by atoms with van der Waals surface area (Å²) in [5.74, 6) is 1.97. The van der Waals surface area contributed by atoms with Gasteiger partial charge in [0.25, 0.3) is 0 Å². The van der Waals surface area contributed by atoms with Gasteiger partial charge in [0.05, 0.1) is 37.0 Å². The summed E-state index contributed by atoms with van der Waals surface area (Å²) in [6.07, 6.45) is 5.06. The van der Waals surface area contributed by atoms with Crippen LogP contribution >= 0.6 is 11.3 Å². The van der Waals surface area contributed by atoms with Gasteiger partial charge in [-0.3, -0.25) is 0 Å². The molecule has 0 bridgehead atoms. The maximum absolute atomic E-state index is 9.12. The van der Waals surface area contributed by atoms with Crippen LogP contribution in [0, 0.1) is 0 Å². The average Bonchev–Trinajstić information content (AvgIpc) is 3.39. The van der Waals surface area contributed by atoms with Gasteiger partial charge in [-0.2, -0.15) is 5.10 Å². The Morgan fingerprint density at radius 2 is 2.14 bits per heavy atom. The van der Waals surface area contributed by atoms with Crippen molar-refractivity contribution >= 4 is 28.2 Å². The molecule has 0 fully saturated rings. The second-order valence-corrected chi connectivity index (χ2v) is 7.60. The predicted octanol–water partition coefficient (Wildman–Crippen LogP) is 3.17. The van der Waals surface area contributed by atoms with Crippen molar-refractivity contribution < 1.29 is 9.84 Å². The van der Waals surface area contributed by atoms with Crippen molar-refractivity contribution in [1.29, 1.82) is 0 Å². The summed E-state index contributed by atoms with van der Waals surface area (Å²) in [7, 11) is 1.70. The summed E-state index contributed by atoms with van der Waals surface area (Å²) in [5.41, 5.74) is 2.42. The molecule has 0 aliphatic rings. The van der Waals surface area contributed by atoms with Crippen LogP contribution in [0.3, 0.4) is 0 Å². The minimum Gasteiger partial charge on any atom is -0.496 e. The minimum atomic E-state index is 0.0247. The molecule has 0 saturated carbocycles. The molecule has 1 atom stereocenters. The largest absolute Gasteiger partial charge is 0.496 e. The number of pyridine rings is 1. The number of aliphatic hydroxyl groups is 1. The van der Waals surface area contributed by atoms with Crippen LogP contribution in [-0.2, 0) is 6.54 Å². The van der Waals surface area contributed by atoms with Gasteiger partial charge in [-0.25, -0.2) is 19.6 Å². The molecule has 0 aliphatic heterocycles. The van der Waals surface area contributed by atoms with E-state index in [1.54, 1.807) is 41.8 Å². The van der Waals surface area contributed by atoms with E-state index in [2.05, 4.69) is 32.3 Å². The SMILES string of the molecule is COc1ccsc1C(C)CNc1cc(-c2cnc3c(cnn3CCO)c2)ncn1. The van der Waals surface area contributed by atoms with Gasteiger partial charge < -0.3 is 15.2 Å². The van der Waals surface area contributed by atoms with Gasteiger partial charge in [-0.1, -0.05) is 6.92 Å². The van der Waals surface area contributed by atoms with Gasteiger partial charge in [-0.15, -0.1) is 11.3 Å². The topological polar surface area (TPSA) is 98.0 Å². The lowest BCUT2D eigenvalue weighted by atomic mass is 10.1. The molecule has 0 spiro atoms. The van der Waals surface area contributed by atoms with Crippen molar-refractivity contribution in [3.63, 3.8) is 0 Å². The average molecular weight is 411 g/mol. The van der Waals surface area contributed by atoms with Gasteiger partial charge >= 0.3 is 0 Å². The van der Waals surface area contributed by atoms with E-state index in [1.165, 1.54) is 4.88 Å². The first kappa shape index (κ1) is 19.3. The molecule has 0 saturated heterocycles. The molecule has 0 radical (unpaired) electrons. The molecule has 29 heavy (non-hydrogen) atoms. The number of aromatic nitrogens is 5. The third-order valence-corrected chi connectivity index (χ3v) is 5.79. The Labute approximate surface area is 172 Å². The molecule has 1 unspecified atom stereocenters. The summed E-state index contributed by atoms with van der Waals surface area (Å²) >= 11 is 1.69. The Morgan fingerprint density at radius 1 is 1.24 bits per heavy atom. The van der Waals surface area contributed by atoms with Crippen molar-refractivity contribution in [3.05, 3.63) is 47.2 Å². The number of methoxy groups -OCH3 is 1. The fraction of sp³-hybridized carbons (Fsp3) is 0.300. The molecule has 4 aromatic heterocycles. The highest BCUT2D eigenvalue weighted by molar-refractivity contribution is 7.10. The van der Waals surface area contributed by atoms with Gasteiger partial charge in [0.15, 0.2) is 5.65 Å². The highest BCUT2D eigenvalue weighted by atomic mass is 32.1. The number of ether oxygens (including phenoxy) is 1. The van der Waals surface area contributed by atoms with Crippen molar-refractivity contribution in [2.24, 2.45) is 0 Å². The number of anilines is 1. The van der Waals surface area contributed by atoms with Crippen molar-refractivity contribution in [3.8, 4) is 17.0 Å². The number of nitrogens with one attached hydrogen (secondary N) is 1. The quantitative estimate of drug-likeness (QED) is 0.460. The Bertz CT molecular complexity index is 1110. The molecule has 4 rings (SSSR count). The fourth-order valence-electron chi connectivity index (χ4n) is 3.17. The fourth-order valence-corrected chi connectivity index (χ4v) is 4.09. The number of aliphatic hydroxyl groups excluding tert-OH is 1. The van der Waals surface area contributed by atoms with Crippen LogP contribution in [0.15, 0.2) is 42.3 Å². The van der Waals surface area contributed by atoms with Crippen molar-refractivity contribution in [2.75, 3.05) is 25.6 Å². The van der Waals surface area contributed by atoms with E-state index in [0.29, 0.717) is 12.5 Å². The second kappa shape index (κ2) is 8.54. The Morgan fingerprint density at radius 3 is 2.97 bits per heavy atom. The van der Waals surface area contributed by atoms with Gasteiger partial charge in [-0.05, 0) is 17.5 Å². The van der Waals surface area contributed by atoms with Crippen LogP contribution in [0.1, 0.15) is 17.7 Å². The molecule has 2 N–H and O–H groups in total. The van der Waals surface area contributed by atoms with Crippen molar-refractivity contribution in [1.82, 2.24) is 24.7 Å². The monoisotopic (exact) mass is 410 g/mol. The second-order valence-electron chi connectivity index (χ2n) is 6.65. The van der Waals surface area contributed by atoms with Crippen LogP contribution < -0.4 is 10.1 Å². The summed E-state index contributed by atoms with van der Waals surface area (Å²) in [4.78, 5) is 14.4. The Kier molecular flexibility index (Phi) is 5.68. The summed E-state index contributed by atoms with van der Waals surface area (Å²) in [6.45, 7) is 3.34. The molecule has 150 valence electrons. The first-order valence-corrected chi connectivity index (χ1v) is 10.2. The predicted molar refractivity (Wildman–Crippen MR) is 113 cm³/mol. The van der Waals surface area contributed by atoms with Crippen LogP contribution in [0.25, 0.3) is 22.3 Å². The number of hydrogen-bond acceptors (Lipinski definition) is 8. The standard InChI is InChI=1S/C20H22N6O2S/c1-13(19-17(28-2)3-6-29-19)9-21-18-8-16(23-12-24-18)14-7-15-11-25-26(4-5-27)20(15)22-10-14/h3,6-8,10-13,27H,4-5,9H2,1-2H3,(H,21,23,24). The zero-order valence-electron chi connectivity index (χ0n) is 16.2. The Balaban J connectivity index is 1.50. The number of rotatable bonds is 8. The van der Waals surface area contributed by atoms with E-state index >= 15 is 0 Å². The Hall–Kier alpha value is -3.04. The van der Waals surface area contributed by atoms with Gasteiger partial charge in [0.2, 0.25) is 0 Å². The van der Waals surface area contributed by atoms with Crippen LogP contribution in [0.4, 0.5) is 5.82 Å². The summed E-state index contributed by atoms with van der Waals surface area (Å²) < 4.78 is 7.10. The van der Waals surface area contributed by atoms with E-state index in [0.717, 1.165) is 40.4 Å². The smallest absolute Gasteiger partial charge is 0.157 e. The molecular formula is C20H22N6O2S. The molecule has 4 heterocycles. The minimum absolute atomic E-state index is 0.0247.